The highest BCUT2D eigenvalue weighted by Crippen LogP contribution is 2.28. The average molecular weight is 349 g/mol. The van der Waals surface area contributed by atoms with Crippen LogP contribution in [0.15, 0.2) is 29.3 Å². The van der Waals surface area contributed by atoms with Crippen LogP contribution in [0.5, 0.6) is 0 Å². The smallest absolute Gasteiger partial charge is 0.435 e. The molecule has 0 atom stereocenters. The number of pyridine rings is 1. The molecule has 11 heteroatoms. The third-order valence-corrected chi connectivity index (χ3v) is 4.64. The lowest BCUT2D eigenvalue weighted by Gasteiger charge is -2.08. The van der Waals surface area contributed by atoms with E-state index in [2.05, 4.69) is 10.1 Å². The number of halogens is 3. The van der Waals surface area contributed by atoms with Crippen LogP contribution in [0, 0.1) is 0 Å². The number of rotatable bonds is 4. The van der Waals surface area contributed by atoms with Crippen molar-refractivity contribution in [2.45, 2.75) is 18.0 Å². The van der Waals surface area contributed by atoms with E-state index in [0.717, 1.165) is 23.0 Å². The van der Waals surface area contributed by atoms with Gasteiger partial charge in [0.15, 0.2) is 27.0 Å². The van der Waals surface area contributed by atoms with Crippen LogP contribution in [0.1, 0.15) is 23.1 Å². The fraction of sp³-hybridized carbons (Fsp3) is 0.250. The molecule has 0 saturated heterocycles. The number of carbonyl (C=O) groups is 1. The van der Waals surface area contributed by atoms with Crippen molar-refractivity contribution in [2.24, 2.45) is 0 Å². The van der Waals surface area contributed by atoms with E-state index in [-0.39, 0.29) is 11.6 Å². The van der Waals surface area contributed by atoms with Crippen LogP contribution in [-0.4, -0.2) is 40.0 Å². The van der Waals surface area contributed by atoms with Crippen LogP contribution in [0.25, 0.3) is 5.82 Å². The standard InChI is InChI=1S/C12H10F3N3O4S/c1-2-23(21,22)7-3-4-9(16-10(7)11(19)20)18-6-5-8(17-18)12(13,14)15/h3-6H,2H2,1H3,(H,19,20). The molecular weight excluding hydrogens is 339 g/mol. The van der Waals surface area contributed by atoms with Crippen LogP contribution in [0.3, 0.4) is 0 Å². The third kappa shape index (κ3) is 3.33. The van der Waals surface area contributed by atoms with Crippen LogP contribution in [-0.2, 0) is 16.0 Å². The minimum atomic E-state index is -4.66. The molecule has 0 aliphatic rings. The zero-order chi connectivity index (χ0) is 17.4. The van der Waals surface area contributed by atoms with Crippen molar-refractivity contribution in [3.63, 3.8) is 0 Å². The van der Waals surface area contributed by atoms with Crippen molar-refractivity contribution in [1.29, 1.82) is 0 Å². The van der Waals surface area contributed by atoms with E-state index >= 15 is 0 Å². The molecule has 0 spiro atoms. The number of aromatic nitrogens is 3. The van der Waals surface area contributed by atoms with Gasteiger partial charge >= 0.3 is 12.1 Å². The molecule has 0 aliphatic carbocycles. The topological polar surface area (TPSA) is 102 Å². The van der Waals surface area contributed by atoms with Gasteiger partial charge in [0.25, 0.3) is 0 Å². The van der Waals surface area contributed by atoms with Gasteiger partial charge in [-0.15, -0.1) is 0 Å². The lowest BCUT2D eigenvalue weighted by atomic mass is 10.3. The first-order valence-electron chi connectivity index (χ1n) is 6.16. The van der Waals surface area contributed by atoms with Crippen LogP contribution < -0.4 is 0 Å². The Labute approximate surface area is 128 Å². The van der Waals surface area contributed by atoms with Gasteiger partial charge < -0.3 is 5.11 Å². The highest BCUT2D eigenvalue weighted by molar-refractivity contribution is 7.91. The van der Waals surface area contributed by atoms with Crippen molar-refractivity contribution in [1.82, 2.24) is 14.8 Å². The number of hydrogen-bond acceptors (Lipinski definition) is 5. The zero-order valence-electron chi connectivity index (χ0n) is 11.6. The molecule has 2 heterocycles. The van der Waals surface area contributed by atoms with Crippen LogP contribution in [0.4, 0.5) is 13.2 Å². The minimum Gasteiger partial charge on any atom is -0.476 e. The van der Waals surface area contributed by atoms with Gasteiger partial charge in [-0.3, -0.25) is 0 Å². The second-order valence-electron chi connectivity index (χ2n) is 4.37. The van der Waals surface area contributed by atoms with Gasteiger partial charge in [-0.05, 0) is 18.2 Å². The maximum atomic E-state index is 12.5. The summed E-state index contributed by atoms with van der Waals surface area (Å²) in [7, 11) is -3.84. The first kappa shape index (κ1) is 16.9. The molecule has 7 nitrogen and oxygen atoms in total. The summed E-state index contributed by atoms with van der Waals surface area (Å²) in [5.74, 6) is -2.19. The van der Waals surface area contributed by atoms with Gasteiger partial charge in [0, 0.05) is 6.20 Å². The Kier molecular flexibility index (Phi) is 4.16. The summed E-state index contributed by atoms with van der Waals surface area (Å²) >= 11 is 0. The summed E-state index contributed by atoms with van der Waals surface area (Å²) in [4.78, 5) is 14.3. The van der Waals surface area contributed by atoms with E-state index in [1.54, 1.807) is 0 Å². The fourth-order valence-corrected chi connectivity index (χ4v) is 2.74. The molecule has 2 aromatic heterocycles. The van der Waals surface area contributed by atoms with Gasteiger partial charge in [-0.25, -0.2) is 22.9 Å². The molecular formula is C12H10F3N3O4S. The molecule has 0 aromatic carbocycles. The van der Waals surface area contributed by atoms with Crippen molar-refractivity contribution >= 4 is 15.8 Å². The van der Waals surface area contributed by atoms with E-state index in [1.807, 2.05) is 0 Å². The first-order valence-corrected chi connectivity index (χ1v) is 7.82. The summed E-state index contributed by atoms with van der Waals surface area (Å²) in [6, 6.07) is 2.76. The second-order valence-corrected chi connectivity index (χ2v) is 6.61. The van der Waals surface area contributed by atoms with Gasteiger partial charge in [0.2, 0.25) is 0 Å². The molecule has 23 heavy (non-hydrogen) atoms. The highest BCUT2D eigenvalue weighted by atomic mass is 32.2. The molecule has 0 radical (unpaired) electrons. The van der Waals surface area contributed by atoms with Crippen molar-refractivity contribution in [2.75, 3.05) is 5.75 Å². The Morgan fingerprint density at radius 1 is 1.30 bits per heavy atom. The maximum absolute atomic E-state index is 12.5. The van der Waals surface area contributed by atoms with Crippen LogP contribution in [0.2, 0.25) is 0 Å². The maximum Gasteiger partial charge on any atom is 0.435 e. The molecule has 2 rings (SSSR count). The monoisotopic (exact) mass is 349 g/mol. The summed E-state index contributed by atoms with van der Waals surface area (Å²) < 4.78 is 62.0. The Bertz CT molecular complexity index is 859. The molecule has 0 aliphatic heterocycles. The van der Waals surface area contributed by atoms with E-state index in [9.17, 15) is 26.4 Å². The van der Waals surface area contributed by atoms with Gasteiger partial charge in [-0.2, -0.15) is 18.3 Å². The molecule has 0 bridgehead atoms. The zero-order valence-corrected chi connectivity index (χ0v) is 12.4. The normalized spacial score (nSPS) is 12.3. The summed E-state index contributed by atoms with van der Waals surface area (Å²) in [5, 5.41) is 12.3. The Hall–Kier alpha value is -2.43. The number of sulfone groups is 1. The summed E-state index contributed by atoms with van der Waals surface area (Å²) in [6.45, 7) is 1.33. The number of alkyl halides is 3. The molecule has 0 saturated carbocycles. The van der Waals surface area contributed by atoms with E-state index in [0.29, 0.717) is 6.07 Å². The fourth-order valence-electron chi connectivity index (χ4n) is 1.73. The van der Waals surface area contributed by atoms with E-state index in [4.69, 9.17) is 5.11 Å². The largest absolute Gasteiger partial charge is 0.476 e. The van der Waals surface area contributed by atoms with E-state index < -0.39 is 38.3 Å². The number of hydrogen-bond donors (Lipinski definition) is 1. The molecule has 0 amide bonds. The molecule has 124 valence electrons. The van der Waals surface area contributed by atoms with Gasteiger partial charge in [0.05, 0.1) is 5.75 Å². The summed E-state index contributed by atoms with van der Waals surface area (Å²) in [5.41, 5.74) is -1.95. The predicted molar refractivity (Wildman–Crippen MR) is 71.0 cm³/mol. The quantitative estimate of drug-likeness (QED) is 0.903. The first-order chi connectivity index (χ1) is 10.6. The number of carboxylic acid groups (broad SMARTS) is 1. The Balaban J connectivity index is 2.57. The lowest BCUT2D eigenvalue weighted by molar-refractivity contribution is -0.141. The van der Waals surface area contributed by atoms with Gasteiger partial charge in [-0.1, -0.05) is 6.92 Å². The predicted octanol–water partition coefficient (Wildman–Crippen LogP) is 1.78. The number of carboxylic acids is 1. The van der Waals surface area contributed by atoms with Gasteiger partial charge in [0.1, 0.15) is 4.90 Å². The molecule has 0 fully saturated rings. The van der Waals surface area contributed by atoms with Crippen LogP contribution >= 0.6 is 0 Å². The highest BCUT2D eigenvalue weighted by Gasteiger charge is 2.34. The third-order valence-electron chi connectivity index (χ3n) is 2.88. The average Bonchev–Trinajstić information content (AvgIpc) is 2.96. The molecule has 0 unspecified atom stereocenters. The molecule has 1 N–H and O–H groups in total. The van der Waals surface area contributed by atoms with Crippen molar-refractivity contribution in [3.8, 4) is 5.82 Å². The Morgan fingerprint density at radius 3 is 2.43 bits per heavy atom. The number of aromatic carboxylic acids is 1. The SMILES string of the molecule is CCS(=O)(=O)c1ccc(-n2ccc(C(F)(F)F)n2)nc1C(=O)O. The Morgan fingerprint density at radius 2 is 1.96 bits per heavy atom. The lowest BCUT2D eigenvalue weighted by Crippen LogP contribution is -2.15. The second kappa shape index (κ2) is 5.65. The van der Waals surface area contributed by atoms with Crippen molar-refractivity contribution in [3.05, 3.63) is 35.8 Å². The van der Waals surface area contributed by atoms with Crippen molar-refractivity contribution < 1.29 is 31.5 Å². The minimum absolute atomic E-state index is 0.243. The number of nitrogens with zero attached hydrogens (tertiary/aromatic N) is 3. The summed E-state index contributed by atoms with van der Waals surface area (Å²) in [6.07, 6.45) is -3.71. The molecule has 2 aromatic rings. The van der Waals surface area contributed by atoms with E-state index in [1.165, 1.54) is 6.92 Å².